The van der Waals surface area contributed by atoms with Gasteiger partial charge in [-0.1, -0.05) is 6.07 Å². The molecule has 4 rings (SSSR count). The number of nitrogens with zero attached hydrogens (tertiary/aromatic N) is 5. The van der Waals surface area contributed by atoms with Crippen molar-refractivity contribution in [3.05, 3.63) is 65.7 Å². The quantitative estimate of drug-likeness (QED) is 0.661. The maximum Gasteiger partial charge on any atom is 0.258 e. The standard InChI is InChI=1S/C23H24N6O2/c1-4-31-21-6-5-16(17-10-27-29(3)14-17)9-18(21)20-12-26-22(13-25-20)28-23(30)19-11-24-8-7-15(19)2/h5-13,17H,4,14H2,1-3H3,(H,26,28,30). The Kier molecular flexibility index (Phi) is 5.88. The van der Waals surface area contributed by atoms with Gasteiger partial charge in [-0.2, -0.15) is 5.10 Å². The normalized spacial score (nSPS) is 15.2. The number of hydrogen-bond acceptors (Lipinski definition) is 7. The van der Waals surface area contributed by atoms with Crippen LogP contribution < -0.4 is 10.1 Å². The molecule has 3 heterocycles. The summed E-state index contributed by atoms with van der Waals surface area (Å²) in [6.45, 7) is 5.19. The van der Waals surface area contributed by atoms with Crippen LogP contribution in [-0.4, -0.2) is 52.3 Å². The minimum atomic E-state index is -0.269. The first-order chi connectivity index (χ1) is 15.0. The highest BCUT2D eigenvalue weighted by atomic mass is 16.5. The molecule has 3 aromatic rings. The van der Waals surface area contributed by atoms with Gasteiger partial charge in [-0.05, 0) is 43.2 Å². The molecule has 1 aromatic carbocycles. The molecular weight excluding hydrogens is 392 g/mol. The monoisotopic (exact) mass is 416 g/mol. The predicted octanol–water partition coefficient (Wildman–Crippen LogP) is 3.51. The number of hydrazone groups is 1. The summed E-state index contributed by atoms with van der Waals surface area (Å²) in [5.41, 5.74) is 4.01. The lowest BCUT2D eigenvalue weighted by Gasteiger charge is -2.15. The number of carbonyl (C=O) groups excluding carboxylic acids is 1. The van der Waals surface area contributed by atoms with Crippen LogP contribution >= 0.6 is 0 Å². The smallest absolute Gasteiger partial charge is 0.258 e. The van der Waals surface area contributed by atoms with Crippen LogP contribution in [0.2, 0.25) is 0 Å². The van der Waals surface area contributed by atoms with Crippen molar-refractivity contribution in [1.29, 1.82) is 0 Å². The first-order valence-electron chi connectivity index (χ1n) is 10.1. The number of benzene rings is 1. The van der Waals surface area contributed by atoms with E-state index in [0.29, 0.717) is 23.7 Å². The molecule has 0 spiro atoms. The van der Waals surface area contributed by atoms with Gasteiger partial charge in [-0.25, -0.2) is 4.98 Å². The molecule has 1 atom stereocenters. The van der Waals surface area contributed by atoms with Crippen LogP contribution in [0, 0.1) is 6.92 Å². The van der Waals surface area contributed by atoms with E-state index < -0.39 is 0 Å². The zero-order chi connectivity index (χ0) is 21.8. The number of nitrogens with one attached hydrogen (secondary N) is 1. The lowest BCUT2D eigenvalue weighted by molar-refractivity contribution is 0.102. The molecule has 1 amide bonds. The lowest BCUT2D eigenvalue weighted by Crippen LogP contribution is -2.15. The summed E-state index contributed by atoms with van der Waals surface area (Å²) >= 11 is 0. The van der Waals surface area contributed by atoms with Gasteiger partial charge in [0.2, 0.25) is 0 Å². The highest BCUT2D eigenvalue weighted by Crippen LogP contribution is 2.33. The Morgan fingerprint density at radius 2 is 2.10 bits per heavy atom. The van der Waals surface area contributed by atoms with Crippen molar-refractivity contribution in [2.24, 2.45) is 5.10 Å². The van der Waals surface area contributed by atoms with Crippen molar-refractivity contribution in [3.8, 4) is 17.0 Å². The number of likely N-dealkylation sites (N-methyl/N-ethyl adjacent to an activating group) is 1. The molecule has 31 heavy (non-hydrogen) atoms. The third-order valence-corrected chi connectivity index (χ3v) is 5.09. The summed E-state index contributed by atoms with van der Waals surface area (Å²) in [6, 6.07) is 7.88. The topological polar surface area (TPSA) is 92.6 Å². The summed E-state index contributed by atoms with van der Waals surface area (Å²) in [7, 11) is 1.96. The van der Waals surface area contributed by atoms with E-state index in [1.807, 2.05) is 38.2 Å². The molecule has 1 aliphatic heterocycles. The molecule has 0 saturated carbocycles. The van der Waals surface area contributed by atoms with Crippen LogP contribution in [-0.2, 0) is 0 Å². The number of aryl methyl sites for hydroxylation is 1. The summed E-state index contributed by atoms with van der Waals surface area (Å²) in [5, 5.41) is 9.02. The van der Waals surface area contributed by atoms with E-state index in [1.54, 1.807) is 24.7 Å². The number of hydrogen-bond donors (Lipinski definition) is 1. The van der Waals surface area contributed by atoms with Crippen LogP contribution in [0.15, 0.2) is 54.2 Å². The zero-order valence-electron chi connectivity index (χ0n) is 17.7. The minimum Gasteiger partial charge on any atom is -0.493 e. The predicted molar refractivity (Wildman–Crippen MR) is 119 cm³/mol. The van der Waals surface area contributed by atoms with Crippen LogP contribution in [0.1, 0.15) is 34.3 Å². The van der Waals surface area contributed by atoms with Crippen molar-refractivity contribution >= 4 is 17.9 Å². The van der Waals surface area contributed by atoms with Crippen molar-refractivity contribution in [2.75, 3.05) is 25.5 Å². The highest BCUT2D eigenvalue weighted by molar-refractivity contribution is 6.04. The van der Waals surface area contributed by atoms with E-state index in [1.165, 1.54) is 6.20 Å². The number of pyridine rings is 1. The molecule has 8 heteroatoms. The Balaban J connectivity index is 1.58. The van der Waals surface area contributed by atoms with Crippen LogP contribution in [0.4, 0.5) is 5.82 Å². The van der Waals surface area contributed by atoms with Crippen LogP contribution in [0.25, 0.3) is 11.3 Å². The van der Waals surface area contributed by atoms with Gasteiger partial charge in [0, 0.05) is 43.7 Å². The SMILES string of the molecule is CCOc1ccc(C2C=NN(C)C2)cc1-c1cnc(NC(=O)c2cnccc2C)cn1. The van der Waals surface area contributed by atoms with E-state index >= 15 is 0 Å². The van der Waals surface area contributed by atoms with Crippen molar-refractivity contribution in [1.82, 2.24) is 20.0 Å². The maximum absolute atomic E-state index is 12.5. The number of amides is 1. The Morgan fingerprint density at radius 1 is 1.23 bits per heavy atom. The second-order valence-corrected chi connectivity index (χ2v) is 7.33. The first kappa shape index (κ1) is 20.5. The third-order valence-electron chi connectivity index (χ3n) is 5.09. The summed E-state index contributed by atoms with van der Waals surface area (Å²) in [5.74, 6) is 1.06. The van der Waals surface area contributed by atoms with Gasteiger partial charge in [-0.3, -0.25) is 19.8 Å². The molecule has 0 saturated heterocycles. The fourth-order valence-corrected chi connectivity index (χ4v) is 3.44. The van der Waals surface area contributed by atoms with E-state index in [2.05, 4.69) is 37.5 Å². The van der Waals surface area contributed by atoms with Crippen LogP contribution in [0.3, 0.4) is 0 Å². The van der Waals surface area contributed by atoms with Gasteiger partial charge in [0.15, 0.2) is 5.82 Å². The van der Waals surface area contributed by atoms with Gasteiger partial charge >= 0.3 is 0 Å². The van der Waals surface area contributed by atoms with E-state index in [9.17, 15) is 4.79 Å². The molecule has 0 fully saturated rings. The van der Waals surface area contributed by atoms with Crippen molar-refractivity contribution in [3.63, 3.8) is 0 Å². The Hall–Kier alpha value is -3.81. The maximum atomic E-state index is 12.5. The van der Waals surface area contributed by atoms with Crippen molar-refractivity contribution in [2.45, 2.75) is 19.8 Å². The van der Waals surface area contributed by atoms with E-state index in [4.69, 9.17) is 4.74 Å². The number of anilines is 1. The largest absolute Gasteiger partial charge is 0.493 e. The first-order valence-corrected chi connectivity index (χ1v) is 10.1. The Morgan fingerprint density at radius 3 is 2.77 bits per heavy atom. The molecule has 2 aromatic heterocycles. The van der Waals surface area contributed by atoms with Crippen molar-refractivity contribution < 1.29 is 9.53 Å². The molecule has 158 valence electrons. The highest BCUT2D eigenvalue weighted by Gasteiger charge is 2.19. The van der Waals surface area contributed by atoms with Gasteiger partial charge in [0.25, 0.3) is 5.91 Å². The number of aromatic nitrogens is 3. The molecule has 0 bridgehead atoms. The Bertz CT molecular complexity index is 1110. The van der Waals surface area contributed by atoms with Crippen LogP contribution in [0.5, 0.6) is 5.75 Å². The van der Waals surface area contributed by atoms with Gasteiger partial charge in [0.1, 0.15) is 5.75 Å². The fourth-order valence-electron chi connectivity index (χ4n) is 3.44. The second kappa shape index (κ2) is 8.91. The number of rotatable bonds is 6. The van der Waals surface area contributed by atoms with E-state index in [0.717, 1.165) is 29.0 Å². The average molecular weight is 416 g/mol. The van der Waals surface area contributed by atoms with E-state index in [-0.39, 0.29) is 11.8 Å². The minimum absolute atomic E-state index is 0.216. The average Bonchev–Trinajstić information content (AvgIpc) is 3.21. The molecule has 0 radical (unpaired) electrons. The van der Waals surface area contributed by atoms with Gasteiger partial charge < -0.3 is 10.1 Å². The molecule has 0 aliphatic carbocycles. The summed E-state index contributed by atoms with van der Waals surface area (Å²) in [6.07, 6.45) is 8.33. The van der Waals surface area contributed by atoms with Gasteiger partial charge in [0.05, 0.1) is 30.3 Å². The fraction of sp³-hybridized carbons (Fsp3) is 0.261. The molecule has 1 aliphatic rings. The molecular formula is C23H24N6O2. The summed E-state index contributed by atoms with van der Waals surface area (Å²) < 4.78 is 5.81. The number of ether oxygens (including phenoxy) is 1. The Labute approximate surface area is 181 Å². The zero-order valence-corrected chi connectivity index (χ0v) is 17.7. The second-order valence-electron chi connectivity index (χ2n) is 7.33. The number of carbonyl (C=O) groups is 1. The molecule has 1 N–H and O–H groups in total. The molecule has 1 unspecified atom stereocenters. The third kappa shape index (κ3) is 4.53. The molecule has 8 nitrogen and oxygen atoms in total. The summed E-state index contributed by atoms with van der Waals surface area (Å²) in [4.78, 5) is 25.4. The van der Waals surface area contributed by atoms with Gasteiger partial charge in [-0.15, -0.1) is 0 Å². The lowest BCUT2D eigenvalue weighted by atomic mass is 9.97.